The molecule has 0 heterocycles. The molecule has 0 aromatic carbocycles. The molecule has 18 heavy (non-hydrogen) atoms. The van der Waals surface area contributed by atoms with E-state index < -0.39 is 6.04 Å². The molecular weight excluding hydrogens is 230 g/mol. The van der Waals surface area contributed by atoms with Gasteiger partial charge in [-0.25, -0.2) is 0 Å². The van der Waals surface area contributed by atoms with Gasteiger partial charge in [0.2, 0.25) is 11.8 Å². The predicted octanol–water partition coefficient (Wildman–Crippen LogP) is 0.637. The Balaban J connectivity index is 3.93. The lowest BCUT2D eigenvalue weighted by Gasteiger charge is -2.18. The smallest absolute Gasteiger partial charge is 0.239 e. The second kappa shape index (κ2) is 8.08. The lowest BCUT2D eigenvalue weighted by Crippen LogP contribution is -2.48. The topological polar surface area (TPSA) is 84.2 Å². The molecule has 0 radical (unpaired) electrons. The quantitative estimate of drug-likeness (QED) is 0.625. The summed E-state index contributed by atoms with van der Waals surface area (Å²) in [6.45, 7) is 9.89. The Morgan fingerprint density at radius 2 is 1.67 bits per heavy atom. The summed E-state index contributed by atoms with van der Waals surface area (Å²) in [6, 6.07) is -0.445. The first-order valence-corrected chi connectivity index (χ1v) is 6.56. The average Bonchev–Trinajstić information content (AvgIpc) is 2.23. The summed E-state index contributed by atoms with van der Waals surface area (Å²) >= 11 is 0. The molecule has 0 spiro atoms. The molecule has 0 aromatic heterocycles. The molecule has 0 saturated heterocycles. The summed E-state index contributed by atoms with van der Waals surface area (Å²) in [5.41, 5.74) is 5.67. The third-order valence-corrected chi connectivity index (χ3v) is 2.68. The van der Waals surface area contributed by atoms with Crippen molar-refractivity contribution in [2.24, 2.45) is 17.6 Å². The van der Waals surface area contributed by atoms with E-state index in [0.717, 1.165) is 6.42 Å². The number of nitrogens with one attached hydrogen (secondary N) is 2. The van der Waals surface area contributed by atoms with Gasteiger partial charge >= 0.3 is 0 Å². The molecule has 5 heteroatoms. The van der Waals surface area contributed by atoms with Gasteiger partial charge in [0.15, 0.2) is 0 Å². The van der Waals surface area contributed by atoms with Gasteiger partial charge in [0.05, 0.1) is 12.6 Å². The highest BCUT2D eigenvalue weighted by Gasteiger charge is 2.18. The van der Waals surface area contributed by atoms with Crippen LogP contribution in [0, 0.1) is 11.8 Å². The average molecular weight is 257 g/mol. The van der Waals surface area contributed by atoms with E-state index in [4.69, 9.17) is 5.73 Å². The lowest BCUT2D eigenvalue weighted by molar-refractivity contribution is -0.127. The number of hydrogen-bond acceptors (Lipinski definition) is 3. The van der Waals surface area contributed by atoms with Crippen LogP contribution in [0.1, 0.15) is 41.0 Å². The zero-order valence-electron chi connectivity index (χ0n) is 12.1. The molecule has 2 atom stereocenters. The third-order valence-electron chi connectivity index (χ3n) is 2.68. The van der Waals surface area contributed by atoms with Gasteiger partial charge in [0.1, 0.15) is 0 Å². The highest BCUT2D eigenvalue weighted by atomic mass is 16.2. The molecule has 0 rings (SSSR count). The lowest BCUT2D eigenvalue weighted by atomic mass is 10.0. The predicted molar refractivity (Wildman–Crippen MR) is 72.9 cm³/mol. The van der Waals surface area contributed by atoms with E-state index in [1.807, 2.05) is 20.8 Å². The third kappa shape index (κ3) is 7.27. The Bertz CT molecular complexity index is 277. The summed E-state index contributed by atoms with van der Waals surface area (Å²) in [5, 5.41) is 5.39. The van der Waals surface area contributed by atoms with Gasteiger partial charge in [-0.3, -0.25) is 9.59 Å². The first-order chi connectivity index (χ1) is 8.23. The molecule has 0 aromatic rings. The molecule has 0 aliphatic carbocycles. The second-order valence-electron chi connectivity index (χ2n) is 5.59. The largest absolute Gasteiger partial charge is 0.352 e. The zero-order chi connectivity index (χ0) is 14.3. The fraction of sp³-hybridized carbons (Fsp3) is 0.846. The summed E-state index contributed by atoms with van der Waals surface area (Å²) in [5.74, 6) is 0.140. The van der Waals surface area contributed by atoms with Crippen LogP contribution < -0.4 is 16.4 Å². The molecule has 1 unspecified atom stereocenters. The minimum atomic E-state index is -0.564. The maximum Gasteiger partial charge on any atom is 0.239 e. The highest BCUT2D eigenvalue weighted by Crippen LogP contribution is 2.03. The minimum absolute atomic E-state index is 0.0122. The van der Waals surface area contributed by atoms with Crippen molar-refractivity contribution in [2.75, 3.05) is 6.54 Å². The first-order valence-electron chi connectivity index (χ1n) is 6.56. The van der Waals surface area contributed by atoms with Gasteiger partial charge in [-0.05, 0) is 25.2 Å². The normalized spacial score (nSPS) is 14.4. The van der Waals surface area contributed by atoms with Crippen LogP contribution in [0.25, 0.3) is 0 Å². The second-order valence-corrected chi connectivity index (χ2v) is 5.59. The molecule has 0 saturated carbocycles. The standard InChI is InChI=1S/C13H27N3O2/c1-8(2)6-10(5)16-11(17)7-15-13(18)12(14)9(3)4/h8-10,12H,6-7,14H2,1-5H3,(H,15,18)(H,16,17)/t10?,12-/m0/s1. The Morgan fingerprint density at radius 1 is 1.11 bits per heavy atom. The first kappa shape index (κ1) is 16.9. The molecule has 0 aliphatic heterocycles. The zero-order valence-corrected chi connectivity index (χ0v) is 12.1. The van der Waals surface area contributed by atoms with E-state index in [9.17, 15) is 9.59 Å². The van der Waals surface area contributed by atoms with E-state index in [-0.39, 0.29) is 30.3 Å². The van der Waals surface area contributed by atoms with Crippen LogP contribution >= 0.6 is 0 Å². The Kier molecular flexibility index (Phi) is 7.59. The molecule has 106 valence electrons. The molecule has 0 aliphatic rings. The SMILES string of the molecule is CC(C)CC(C)NC(=O)CNC(=O)[C@@H](N)C(C)C. The van der Waals surface area contributed by atoms with Gasteiger partial charge in [-0.1, -0.05) is 27.7 Å². The summed E-state index contributed by atoms with van der Waals surface area (Å²) in [4.78, 5) is 23.1. The maximum absolute atomic E-state index is 11.6. The Labute approximate surface area is 110 Å². The minimum Gasteiger partial charge on any atom is -0.352 e. The fourth-order valence-corrected chi connectivity index (χ4v) is 1.68. The van der Waals surface area contributed by atoms with Crippen LogP contribution in [-0.4, -0.2) is 30.4 Å². The summed E-state index contributed by atoms with van der Waals surface area (Å²) in [6.07, 6.45) is 0.922. The van der Waals surface area contributed by atoms with Gasteiger partial charge < -0.3 is 16.4 Å². The monoisotopic (exact) mass is 257 g/mol. The summed E-state index contributed by atoms with van der Waals surface area (Å²) in [7, 11) is 0. The van der Waals surface area contributed by atoms with E-state index in [1.54, 1.807) is 0 Å². The number of nitrogens with two attached hydrogens (primary N) is 1. The van der Waals surface area contributed by atoms with Crippen molar-refractivity contribution in [3.8, 4) is 0 Å². The van der Waals surface area contributed by atoms with Crippen molar-refractivity contribution in [1.82, 2.24) is 10.6 Å². The van der Waals surface area contributed by atoms with Gasteiger partial charge in [-0.2, -0.15) is 0 Å². The van der Waals surface area contributed by atoms with E-state index in [1.165, 1.54) is 0 Å². The molecule has 0 bridgehead atoms. The number of hydrogen-bond donors (Lipinski definition) is 3. The van der Waals surface area contributed by atoms with Crippen LogP contribution in [0.15, 0.2) is 0 Å². The van der Waals surface area contributed by atoms with Crippen molar-refractivity contribution < 1.29 is 9.59 Å². The van der Waals surface area contributed by atoms with E-state index in [0.29, 0.717) is 5.92 Å². The van der Waals surface area contributed by atoms with E-state index in [2.05, 4.69) is 24.5 Å². The van der Waals surface area contributed by atoms with Crippen LogP contribution in [0.5, 0.6) is 0 Å². The molecule has 2 amide bonds. The van der Waals surface area contributed by atoms with Crippen LogP contribution in [-0.2, 0) is 9.59 Å². The summed E-state index contributed by atoms with van der Waals surface area (Å²) < 4.78 is 0. The van der Waals surface area contributed by atoms with Crippen LogP contribution in [0.2, 0.25) is 0 Å². The number of amides is 2. The van der Waals surface area contributed by atoms with Crippen molar-refractivity contribution in [3.05, 3.63) is 0 Å². The van der Waals surface area contributed by atoms with Crippen LogP contribution in [0.3, 0.4) is 0 Å². The molecular formula is C13H27N3O2. The number of carbonyl (C=O) groups excluding carboxylic acids is 2. The number of rotatable bonds is 7. The van der Waals surface area contributed by atoms with Gasteiger partial charge in [-0.15, -0.1) is 0 Å². The van der Waals surface area contributed by atoms with Crippen molar-refractivity contribution in [2.45, 2.75) is 53.1 Å². The Morgan fingerprint density at radius 3 is 2.11 bits per heavy atom. The molecule has 0 fully saturated rings. The van der Waals surface area contributed by atoms with Gasteiger partial charge in [0.25, 0.3) is 0 Å². The van der Waals surface area contributed by atoms with Gasteiger partial charge in [0, 0.05) is 6.04 Å². The number of carbonyl (C=O) groups is 2. The van der Waals surface area contributed by atoms with E-state index >= 15 is 0 Å². The van der Waals surface area contributed by atoms with Crippen LogP contribution in [0.4, 0.5) is 0 Å². The van der Waals surface area contributed by atoms with Crippen molar-refractivity contribution in [1.29, 1.82) is 0 Å². The maximum atomic E-state index is 11.6. The van der Waals surface area contributed by atoms with Crippen molar-refractivity contribution >= 4 is 11.8 Å². The highest BCUT2D eigenvalue weighted by molar-refractivity contribution is 5.87. The molecule has 4 N–H and O–H groups in total. The van der Waals surface area contributed by atoms with Crippen molar-refractivity contribution in [3.63, 3.8) is 0 Å². The fourth-order valence-electron chi connectivity index (χ4n) is 1.68. The molecule has 5 nitrogen and oxygen atoms in total. The Hall–Kier alpha value is -1.10.